The van der Waals surface area contributed by atoms with Gasteiger partial charge in [-0.2, -0.15) is 0 Å². The van der Waals surface area contributed by atoms with Crippen molar-refractivity contribution >= 4 is 15.6 Å². The zero-order valence-electron chi connectivity index (χ0n) is 9.09. The summed E-state index contributed by atoms with van der Waals surface area (Å²) < 4.78 is 24.3. The molecule has 0 aromatic heterocycles. The number of hydrogen-bond donors (Lipinski definition) is 1. The number of sulfone groups is 1. The van der Waals surface area contributed by atoms with E-state index in [1.807, 2.05) is 0 Å². The van der Waals surface area contributed by atoms with E-state index in [0.717, 1.165) is 0 Å². The maximum atomic E-state index is 12.2. The Morgan fingerprint density at radius 3 is 2.35 bits per heavy atom. The van der Waals surface area contributed by atoms with E-state index < -0.39 is 21.4 Å². The number of aliphatic hydroxyl groups is 1. The van der Waals surface area contributed by atoms with Crippen molar-refractivity contribution in [2.45, 2.75) is 24.2 Å². The lowest BCUT2D eigenvalue weighted by Crippen LogP contribution is -2.17. The highest BCUT2D eigenvalue weighted by molar-refractivity contribution is 7.95. The summed E-state index contributed by atoms with van der Waals surface area (Å²) in [4.78, 5) is 11.3. The highest BCUT2D eigenvalue weighted by Crippen LogP contribution is 2.29. The lowest BCUT2D eigenvalue weighted by molar-refractivity contribution is -0.118. The molecule has 17 heavy (non-hydrogen) atoms. The molecular formula is C12H12O4S. The quantitative estimate of drug-likeness (QED) is 0.873. The van der Waals surface area contributed by atoms with Crippen LogP contribution in [0.15, 0.2) is 45.9 Å². The Balaban J connectivity index is 2.54. The molecule has 0 saturated carbocycles. The molecular weight excluding hydrogens is 240 g/mol. The molecule has 0 spiro atoms. The summed E-state index contributed by atoms with van der Waals surface area (Å²) >= 11 is 0. The van der Waals surface area contributed by atoms with Crippen LogP contribution < -0.4 is 0 Å². The molecule has 1 aromatic carbocycles. The first-order valence-electron chi connectivity index (χ1n) is 5.29. The number of benzene rings is 1. The molecule has 0 aliphatic heterocycles. The van der Waals surface area contributed by atoms with Gasteiger partial charge >= 0.3 is 0 Å². The zero-order chi connectivity index (χ0) is 12.5. The predicted molar refractivity (Wildman–Crippen MR) is 62.1 cm³/mol. The third kappa shape index (κ3) is 2.10. The summed E-state index contributed by atoms with van der Waals surface area (Å²) in [6, 6.07) is 7.83. The van der Waals surface area contributed by atoms with Gasteiger partial charge in [0.15, 0.2) is 11.5 Å². The van der Waals surface area contributed by atoms with Crippen molar-refractivity contribution in [2.75, 3.05) is 0 Å². The van der Waals surface area contributed by atoms with Crippen molar-refractivity contribution in [1.29, 1.82) is 0 Å². The Labute approximate surface area is 99.5 Å². The minimum Gasteiger partial charge on any atom is -0.504 e. The Bertz CT molecular complexity index is 570. The number of ketones is 1. The van der Waals surface area contributed by atoms with Gasteiger partial charge in [-0.15, -0.1) is 0 Å². The highest BCUT2D eigenvalue weighted by Gasteiger charge is 2.30. The number of carbonyl (C=O) groups is 1. The van der Waals surface area contributed by atoms with Gasteiger partial charge in [-0.1, -0.05) is 18.2 Å². The molecule has 0 fully saturated rings. The van der Waals surface area contributed by atoms with E-state index >= 15 is 0 Å². The Kier molecular flexibility index (Phi) is 3.02. The molecule has 0 amide bonds. The second kappa shape index (κ2) is 4.33. The molecule has 1 N–H and O–H groups in total. The summed E-state index contributed by atoms with van der Waals surface area (Å²) in [6.07, 6.45) is 0.888. The van der Waals surface area contributed by atoms with E-state index in [2.05, 4.69) is 0 Å². The fraction of sp³-hybridized carbons (Fsp3) is 0.250. The standard InChI is InChI=1S/C12H12O4S/c13-10-7-4-8-11(12(10)14)17(15,16)9-5-2-1-3-6-9/h1-3,5-6,14H,4,7-8H2. The first kappa shape index (κ1) is 11.9. The van der Waals surface area contributed by atoms with Crippen LogP contribution in [0.3, 0.4) is 0 Å². The fourth-order valence-corrected chi connectivity index (χ4v) is 3.39. The van der Waals surface area contributed by atoms with E-state index in [4.69, 9.17) is 0 Å². The Hall–Kier alpha value is -1.62. The van der Waals surface area contributed by atoms with Crippen LogP contribution in [-0.4, -0.2) is 19.3 Å². The van der Waals surface area contributed by atoms with Crippen molar-refractivity contribution < 1.29 is 18.3 Å². The van der Waals surface area contributed by atoms with Gasteiger partial charge in [0, 0.05) is 6.42 Å². The van der Waals surface area contributed by atoms with Crippen LogP contribution in [0.2, 0.25) is 0 Å². The number of allylic oxidation sites excluding steroid dienone is 2. The molecule has 5 heteroatoms. The van der Waals surface area contributed by atoms with Crippen LogP contribution >= 0.6 is 0 Å². The van der Waals surface area contributed by atoms with Gasteiger partial charge in [-0.05, 0) is 25.0 Å². The highest BCUT2D eigenvalue weighted by atomic mass is 32.2. The second-order valence-corrected chi connectivity index (χ2v) is 5.84. The SMILES string of the molecule is O=C1CCCC(S(=O)(=O)c2ccccc2)=C1O. The van der Waals surface area contributed by atoms with E-state index in [9.17, 15) is 18.3 Å². The molecule has 1 aliphatic carbocycles. The molecule has 1 aliphatic rings. The van der Waals surface area contributed by atoms with Crippen molar-refractivity contribution in [2.24, 2.45) is 0 Å². The lowest BCUT2D eigenvalue weighted by atomic mass is 10.1. The summed E-state index contributed by atoms with van der Waals surface area (Å²) in [5.41, 5.74) is 0. The number of Topliss-reactive ketones (excluding diaryl/α,β-unsaturated/α-hetero) is 1. The summed E-state index contributed by atoms with van der Waals surface area (Å²) in [7, 11) is -3.74. The monoisotopic (exact) mass is 252 g/mol. The first-order chi connectivity index (χ1) is 8.03. The average Bonchev–Trinajstić information content (AvgIpc) is 2.33. The molecule has 90 valence electrons. The van der Waals surface area contributed by atoms with Crippen molar-refractivity contribution in [3.05, 3.63) is 41.0 Å². The maximum absolute atomic E-state index is 12.2. The smallest absolute Gasteiger partial charge is 0.206 e. The zero-order valence-corrected chi connectivity index (χ0v) is 9.90. The molecule has 0 unspecified atom stereocenters. The van der Waals surface area contributed by atoms with Gasteiger partial charge in [0.2, 0.25) is 9.84 Å². The number of rotatable bonds is 2. The normalized spacial score (nSPS) is 17.3. The molecule has 2 rings (SSSR count). The maximum Gasteiger partial charge on any atom is 0.206 e. The number of aliphatic hydroxyl groups excluding tert-OH is 1. The van der Waals surface area contributed by atoms with E-state index in [0.29, 0.717) is 6.42 Å². The lowest BCUT2D eigenvalue weighted by Gasteiger charge is -2.15. The molecule has 0 heterocycles. The average molecular weight is 252 g/mol. The summed E-state index contributed by atoms with van der Waals surface area (Å²) in [5, 5.41) is 9.59. The first-order valence-corrected chi connectivity index (χ1v) is 6.77. The fourth-order valence-electron chi connectivity index (χ4n) is 1.81. The molecule has 4 nitrogen and oxygen atoms in total. The van der Waals surface area contributed by atoms with Crippen LogP contribution in [0.1, 0.15) is 19.3 Å². The van der Waals surface area contributed by atoms with Crippen LogP contribution in [-0.2, 0) is 14.6 Å². The van der Waals surface area contributed by atoms with Gasteiger partial charge in [0.1, 0.15) is 0 Å². The predicted octanol–water partition coefficient (Wildman–Crippen LogP) is 1.98. The minimum absolute atomic E-state index is 0.108. The topological polar surface area (TPSA) is 71.4 Å². The van der Waals surface area contributed by atoms with Gasteiger partial charge in [-0.3, -0.25) is 4.79 Å². The molecule has 0 atom stereocenters. The third-order valence-electron chi connectivity index (χ3n) is 2.71. The van der Waals surface area contributed by atoms with Gasteiger partial charge in [0.25, 0.3) is 0 Å². The molecule has 0 saturated heterocycles. The Morgan fingerprint density at radius 2 is 1.71 bits per heavy atom. The largest absolute Gasteiger partial charge is 0.504 e. The molecule has 0 radical (unpaired) electrons. The molecule has 1 aromatic rings. The van der Waals surface area contributed by atoms with Crippen molar-refractivity contribution in [3.8, 4) is 0 Å². The summed E-state index contributed by atoms with van der Waals surface area (Å²) in [6.45, 7) is 0. The van der Waals surface area contributed by atoms with E-state index in [-0.39, 0.29) is 22.6 Å². The van der Waals surface area contributed by atoms with Gasteiger partial charge in [-0.25, -0.2) is 8.42 Å². The number of hydrogen-bond acceptors (Lipinski definition) is 4. The van der Waals surface area contributed by atoms with Crippen molar-refractivity contribution in [1.82, 2.24) is 0 Å². The third-order valence-corrected chi connectivity index (χ3v) is 4.65. The van der Waals surface area contributed by atoms with Crippen LogP contribution in [0.25, 0.3) is 0 Å². The minimum atomic E-state index is -3.74. The van der Waals surface area contributed by atoms with Crippen molar-refractivity contribution in [3.63, 3.8) is 0 Å². The summed E-state index contributed by atoms with van der Waals surface area (Å²) in [5.74, 6) is -1.09. The van der Waals surface area contributed by atoms with E-state index in [1.165, 1.54) is 12.1 Å². The van der Waals surface area contributed by atoms with Gasteiger partial charge < -0.3 is 5.11 Å². The second-order valence-electron chi connectivity index (χ2n) is 3.87. The van der Waals surface area contributed by atoms with Gasteiger partial charge in [0.05, 0.1) is 9.80 Å². The van der Waals surface area contributed by atoms with Crippen LogP contribution in [0.4, 0.5) is 0 Å². The number of carbonyl (C=O) groups excluding carboxylic acids is 1. The van der Waals surface area contributed by atoms with E-state index in [1.54, 1.807) is 18.2 Å². The van der Waals surface area contributed by atoms with Crippen LogP contribution in [0, 0.1) is 0 Å². The van der Waals surface area contributed by atoms with Crippen LogP contribution in [0.5, 0.6) is 0 Å². The Morgan fingerprint density at radius 1 is 1.06 bits per heavy atom. The molecule has 0 bridgehead atoms.